The van der Waals surface area contributed by atoms with E-state index in [0.717, 1.165) is 3.57 Å². The van der Waals surface area contributed by atoms with Crippen molar-refractivity contribution in [3.05, 3.63) is 52.1 Å². The number of carbonyl (C=O) groups is 1. The summed E-state index contributed by atoms with van der Waals surface area (Å²) in [6, 6.07) is 13.6. The Kier molecular flexibility index (Phi) is 7.42. The lowest BCUT2D eigenvalue weighted by Gasteiger charge is -2.18. The summed E-state index contributed by atoms with van der Waals surface area (Å²) in [6.07, 6.45) is 0. The second-order valence-electron chi connectivity index (χ2n) is 5.41. The van der Waals surface area contributed by atoms with Crippen LogP contribution in [0, 0.1) is 3.57 Å². The molecule has 8 heteroatoms. The molecule has 0 aliphatic carbocycles. The van der Waals surface area contributed by atoms with E-state index in [1.807, 2.05) is 12.1 Å². The van der Waals surface area contributed by atoms with E-state index in [0.29, 0.717) is 24.5 Å². The largest absolute Gasteiger partial charge is 0.484 e. The maximum atomic E-state index is 12.6. The van der Waals surface area contributed by atoms with E-state index >= 15 is 0 Å². The molecule has 0 aliphatic rings. The summed E-state index contributed by atoms with van der Waals surface area (Å²) in [5.41, 5.74) is 0.412. The molecule has 0 atom stereocenters. The Morgan fingerprint density at radius 3 is 2.38 bits per heavy atom. The number of halogens is 1. The summed E-state index contributed by atoms with van der Waals surface area (Å²) in [4.78, 5) is 12.2. The van der Waals surface area contributed by atoms with Crippen LogP contribution >= 0.6 is 22.6 Å². The molecule has 0 saturated heterocycles. The summed E-state index contributed by atoms with van der Waals surface area (Å²) >= 11 is 2.19. The standard InChI is InChI=1S/C18H21IN2O4S/c1-3-21(4-2)26(23,24)17-7-5-6-15(12-17)20-18(22)13-25-16-10-8-14(19)9-11-16/h5-12H,3-4,13H2,1-2H3,(H,20,22). The molecule has 0 spiro atoms. The molecule has 1 amide bonds. The minimum Gasteiger partial charge on any atom is -0.484 e. The van der Waals surface area contributed by atoms with Crippen molar-refractivity contribution in [3.8, 4) is 5.75 Å². The van der Waals surface area contributed by atoms with Crippen LogP contribution in [0.4, 0.5) is 5.69 Å². The van der Waals surface area contributed by atoms with Crippen molar-refractivity contribution in [2.75, 3.05) is 25.0 Å². The Bertz CT molecular complexity index is 850. The van der Waals surface area contributed by atoms with Crippen LogP contribution in [0.25, 0.3) is 0 Å². The normalized spacial score (nSPS) is 11.4. The van der Waals surface area contributed by atoms with Crippen LogP contribution in [0.3, 0.4) is 0 Å². The quantitative estimate of drug-likeness (QED) is 0.579. The molecule has 2 aromatic rings. The lowest BCUT2D eigenvalue weighted by Crippen LogP contribution is -2.30. The Labute approximate surface area is 167 Å². The van der Waals surface area contributed by atoms with Crippen LogP contribution in [-0.2, 0) is 14.8 Å². The fraction of sp³-hybridized carbons (Fsp3) is 0.278. The highest BCUT2D eigenvalue weighted by molar-refractivity contribution is 14.1. The topological polar surface area (TPSA) is 75.7 Å². The van der Waals surface area contributed by atoms with Gasteiger partial charge in [0.2, 0.25) is 10.0 Å². The van der Waals surface area contributed by atoms with Crippen LogP contribution in [0.5, 0.6) is 5.75 Å². The Morgan fingerprint density at radius 2 is 1.77 bits per heavy atom. The number of nitrogens with zero attached hydrogens (tertiary/aromatic N) is 1. The predicted octanol–water partition coefficient (Wildman–Crippen LogP) is 3.34. The average Bonchev–Trinajstić information content (AvgIpc) is 2.62. The number of amides is 1. The van der Waals surface area contributed by atoms with Crippen molar-refractivity contribution in [1.29, 1.82) is 0 Å². The third-order valence-corrected chi connectivity index (χ3v) is 6.41. The monoisotopic (exact) mass is 488 g/mol. The van der Waals surface area contributed by atoms with E-state index in [1.165, 1.54) is 16.4 Å². The highest BCUT2D eigenvalue weighted by Crippen LogP contribution is 2.19. The van der Waals surface area contributed by atoms with E-state index in [2.05, 4.69) is 27.9 Å². The van der Waals surface area contributed by atoms with Gasteiger partial charge in [0.05, 0.1) is 4.90 Å². The summed E-state index contributed by atoms with van der Waals surface area (Å²) in [7, 11) is -3.57. The highest BCUT2D eigenvalue weighted by atomic mass is 127. The van der Waals surface area contributed by atoms with Crippen molar-refractivity contribution < 1.29 is 17.9 Å². The van der Waals surface area contributed by atoms with Crippen LogP contribution in [0.1, 0.15) is 13.8 Å². The van der Waals surface area contributed by atoms with Crippen LogP contribution < -0.4 is 10.1 Å². The first-order valence-electron chi connectivity index (χ1n) is 8.15. The zero-order valence-corrected chi connectivity index (χ0v) is 17.6. The summed E-state index contributed by atoms with van der Waals surface area (Å²) < 4.78 is 33.0. The third kappa shape index (κ3) is 5.42. The first-order chi connectivity index (χ1) is 12.4. The van der Waals surface area contributed by atoms with Crippen molar-refractivity contribution >= 4 is 44.2 Å². The fourth-order valence-corrected chi connectivity index (χ4v) is 4.19. The molecular formula is C18H21IN2O4S. The van der Waals surface area contributed by atoms with Gasteiger partial charge in [-0.3, -0.25) is 4.79 Å². The molecule has 2 aromatic carbocycles. The van der Waals surface area contributed by atoms with Gasteiger partial charge in [-0.05, 0) is 65.1 Å². The van der Waals surface area contributed by atoms with Gasteiger partial charge in [0.1, 0.15) is 5.75 Å². The molecule has 0 aliphatic heterocycles. The van der Waals surface area contributed by atoms with E-state index in [1.54, 1.807) is 38.1 Å². The molecular weight excluding hydrogens is 467 g/mol. The fourth-order valence-electron chi connectivity index (χ4n) is 2.32. The molecule has 0 fully saturated rings. The van der Waals surface area contributed by atoms with Crippen molar-refractivity contribution in [3.63, 3.8) is 0 Å². The van der Waals surface area contributed by atoms with Crippen molar-refractivity contribution in [1.82, 2.24) is 4.31 Å². The number of hydrogen-bond donors (Lipinski definition) is 1. The minimum absolute atomic E-state index is 0.151. The van der Waals surface area contributed by atoms with Gasteiger partial charge in [0, 0.05) is 22.3 Å². The lowest BCUT2D eigenvalue weighted by molar-refractivity contribution is -0.118. The number of hydrogen-bond acceptors (Lipinski definition) is 4. The van der Waals surface area contributed by atoms with Gasteiger partial charge >= 0.3 is 0 Å². The SMILES string of the molecule is CCN(CC)S(=O)(=O)c1cccc(NC(=O)COc2ccc(I)cc2)c1. The summed E-state index contributed by atoms with van der Waals surface area (Å²) in [6.45, 7) is 4.19. The van der Waals surface area contributed by atoms with Gasteiger partial charge in [-0.2, -0.15) is 4.31 Å². The molecule has 2 rings (SSSR count). The van der Waals surface area contributed by atoms with Crippen LogP contribution in [-0.4, -0.2) is 38.3 Å². The summed E-state index contributed by atoms with van der Waals surface area (Å²) in [5, 5.41) is 2.66. The molecule has 140 valence electrons. The molecule has 0 saturated carbocycles. The van der Waals surface area contributed by atoms with E-state index in [-0.39, 0.29) is 17.4 Å². The first kappa shape index (κ1) is 20.7. The number of sulfonamides is 1. The Balaban J connectivity index is 2.03. The van der Waals surface area contributed by atoms with Crippen molar-refractivity contribution in [2.24, 2.45) is 0 Å². The average molecular weight is 488 g/mol. The number of anilines is 1. The van der Waals surface area contributed by atoms with Crippen molar-refractivity contribution in [2.45, 2.75) is 18.7 Å². The smallest absolute Gasteiger partial charge is 0.262 e. The molecule has 6 nitrogen and oxygen atoms in total. The molecule has 0 aromatic heterocycles. The molecule has 1 N–H and O–H groups in total. The highest BCUT2D eigenvalue weighted by Gasteiger charge is 2.21. The van der Waals surface area contributed by atoms with Gasteiger partial charge in [0.15, 0.2) is 6.61 Å². The maximum Gasteiger partial charge on any atom is 0.262 e. The van der Waals surface area contributed by atoms with Gasteiger partial charge in [-0.1, -0.05) is 19.9 Å². The first-order valence-corrected chi connectivity index (χ1v) is 10.7. The minimum atomic E-state index is -3.57. The Hall–Kier alpha value is -1.65. The lowest BCUT2D eigenvalue weighted by atomic mass is 10.3. The van der Waals surface area contributed by atoms with E-state index in [9.17, 15) is 13.2 Å². The van der Waals surface area contributed by atoms with Gasteiger partial charge in [0.25, 0.3) is 5.91 Å². The van der Waals surface area contributed by atoms with E-state index < -0.39 is 10.0 Å². The number of carbonyl (C=O) groups excluding carboxylic acids is 1. The zero-order valence-electron chi connectivity index (χ0n) is 14.6. The molecule has 0 unspecified atom stereocenters. The number of nitrogens with one attached hydrogen (secondary N) is 1. The summed E-state index contributed by atoms with van der Waals surface area (Å²) in [5.74, 6) is 0.236. The van der Waals surface area contributed by atoms with Gasteiger partial charge in [-0.15, -0.1) is 0 Å². The number of rotatable bonds is 8. The van der Waals surface area contributed by atoms with E-state index in [4.69, 9.17) is 4.74 Å². The molecule has 0 heterocycles. The number of ether oxygens (including phenoxy) is 1. The molecule has 26 heavy (non-hydrogen) atoms. The molecule has 0 bridgehead atoms. The molecule has 0 radical (unpaired) electrons. The van der Waals surface area contributed by atoms with Gasteiger partial charge in [-0.25, -0.2) is 8.42 Å². The van der Waals surface area contributed by atoms with Crippen LogP contribution in [0.2, 0.25) is 0 Å². The number of benzene rings is 2. The van der Waals surface area contributed by atoms with Crippen LogP contribution in [0.15, 0.2) is 53.4 Å². The van der Waals surface area contributed by atoms with Gasteiger partial charge < -0.3 is 10.1 Å². The maximum absolute atomic E-state index is 12.6. The second kappa shape index (κ2) is 9.33. The Morgan fingerprint density at radius 1 is 1.12 bits per heavy atom. The second-order valence-corrected chi connectivity index (χ2v) is 8.59. The predicted molar refractivity (Wildman–Crippen MR) is 110 cm³/mol. The third-order valence-electron chi connectivity index (χ3n) is 3.64. The zero-order chi connectivity index (χ0) is 19.2.